The average Bonchev–Trinajstić information content (AvgIpc) is 2.69. The van der Waals surface area contributed by atoms with Crippen molar-refractivity contribution in [2.24, 2.45) is 0 Å². The Hall–Kier alpha value is -3.02. The number of para-hydroxylation sites is 1. The van der Waals surface area contributed by atoms with E-state index in [4.69, 9.17) is 0 Å². The van der Waals surface area contributed by atoms with Gasteiger partial charge in [0.05, 0.1) is 12.0 Å². The number of anilines is 1. The smallest absolute Gasteiger partial charge is 0.318 e. The van der Waals surface area contributed by atoms with E-state index in [1.165, 1.54) is 0 Å². The highest BCUT2D eigenvalue weighted by molar-refractivity contribution is 5.82. The molecule has 0 saturated carbocycles. The number of urea groups is 1. The van der Waals surface area contributed by atoms with Crippen LogP contribution < -0.4 is 15.3 Å². The second kappa shape index (κ2) is 8.38. The van der Waals surface area contributed by atoms with Crippen molar-refractivity contribution >= 4 is 17.7 Å². The number of amides is 2. The summed E-state index contributed by atoms with van der Waals surface area (Å²) in [5.74, 6) is -1.27. The summed E-state index contributed by atoms with van der Waals surface area (Å²) in [4.78, 5) is 27.7. The van der Waals surface area contributed by atoms with Crippen LogP contribution in [-0.2, 0) is 11.2 Å². The van der Waals surface area contributed by atoms with Gasteiger partial charge in [-0.25, -0.2) is 4.79 Å². The van der Waals surface area contributed by atoms with E-state index in [-0.39, 0.29) is 12.5 Å². The van der Waals surface area contributed by atoms with Crippen molar-refractivity contribution in [2.45, 2.75) is 12.5 Å². The largest absolute Gasteiger partial charge is 0.548 e. The van der Waals surface area contributed by atoms with Gasteiger partial charge in [0.2, 0.25) is 0 Å². The van der Waals surface area contributed by atoms with E-state index >= 15 is 0 Å². The van der Waals surface area contributed by atoms with Crippen LogP contribution in [0.1, 0.15) is 5.56 Å². The molecule has 0 radical (unpaired) electrons. The van der Waals surface area contributed by atoms with Crippen LogP contribution in [-0.4, -0.2) is 49.1 Å². The Kier molecular flexibility index (Phi) is 5.73. The van der Waals surface area contributed by atoms with E-state index in [0.29, 0.717) is 26.2 Å². The fourth-order valence-electron chi connectivity index (χ4n) is 3.09. The van der Waals surface area contributed by atoms with E-state index < -0.39 is 12.0 Å². The summed E-state index contributed by atoms with van der Waals surface area (Å²) in [5, 5.41) is 14.0. The van der Waals surface area contributed by atoms with E-state index in [1.807, 2.05) is 60.7 Å². The number of aliphatic carboxylic acids is 1. The van der Waals surface area contributed by atoms with Gasteiger partial charge < -0.3 is 25.0 Å². The Morgan fingerprint density at radius 3 is 2.08 bits per heavy atom. The van der Waals surface area contributed by atoms with Gasteiger partial charge in [0.1, 0.15) is 0 Å². The standard InChI is InChI=1S/C20H23N3O3/c24-19(25)18(15-16-7-3-1-4-8-16)21-20(26)23-13-11-22(12-14-23)17-9-5-2-6-10-17/h1-10,18H,11-15H2,(H,21,26)(H,24,25)/p-1/t18-/m0/s1. The molecule has 1 heterocycles. The normalized spacial score (nSPS) is 15.4. The van der Waals surface area contributed by atoms with Crippen LogP contribution in [0.5, 0.6) is 0 Å². The molecule has 1 N–H and O–H groups in total. The van der Waals surface area contributed by atoms with Crippen LogP contribution in [0.25, 0.3) is 0 Å². The van der Waals surface area contributed by atoms with Crippen molar-refractivity contribution in [1.29, 1.82) is 0 Å². The Labute approximate surface area is 153 Å². The predicted molar refractivity (Wildman–Crippen MR) is 97.7 cm³/mol. The number of hydrogen-bond donors (Lipinski definition) is 1. The molecule has 136 valence electrons. The van der Waals surface area contributed by atoms with Crippen LogP contribution in [0.4, 0.5) is 10.5 Å². The third-order valence-electron chi connectivity index (χ3n) is 4.55. The van der Waals surface area contributed by atoms with Crippen molar-refractivity contribution in [1.82, 2.24) is 10.2 Å². The molecule has 1 aliphatic heterocycles. The van der Waals surface area contributed by atoms with Gasteiger partial charge in [0, 0.05) is 31.9 Å². The lowest BCUT2D eigenvalue weighted by molar-refractivity contribution is -0.308. The Morgan fingerprint density at radius 2 is 1.50 bits per heavy atom. The lowest BCUT2D eigenvalue weighted by atomic mass is 10.1. The summed E-state index contributed by atoms with van der Waals surface area (Å²) >= 11 is 0. The third kappa shape index (κ3) is 4.53. The van der Waals surface area contributed by atoms with Crippen molar-refractivity contribution in [2.75, 3.05) is 31.1 Å². The van der Waals surface area contributed by atoms with Gasteiger partial charge in [0.25, 0.3) is 0 Å². The fraction of sp³-hybridized carbons (Fsp3) is 0.300. The summed E-state index contributed by atoms with van der Waals surface area (Å²) in [6.45, 7) is 2.52. The molecule has 3 rings (SSSR count). The molecular formula is C20H22N3O3-. The topological polar surface area (TPSA) is 75.7 Å². The molecule has 2 aromatic rings. The zero-order valence-electron chi connectivity index (χ0n) is 14.5. The van der Waals surface area contributed by atoms with Crippen LogP contribution >= 0.6 is 0 Å². The molecule has 0 unspecified atom stereocenters. The van der Waals surface area contributed by atoms with Crippen molar-refractivity contribution in [3.05, 3.63) is 66.2 Å². The number of rotatable bonds is 5. The molecule has 1 fully saturated rings. The SMILES string of the molecule is O=C([O-])[C@H](Cc1ccccc1)NC(=O)N1CCN(c2ccccc2)CC1. The van der Waals surface area contributed by atoms with Gasteiger partial charge in [-0.15, -0.1) is 0 Å². The van der Waals surface area contributed by atoms with E-state index in [2.05, 4.69) is 10.2 Å². The summed E-state index contributed by atoms with van der Waals surface area (Å²) in [7, 11) is 0. The zero-order valence-corrected chi connectivity index (χ0v) is 14.5. The fourth-order valence-corrected chi connectivity index (χ4v) is 3.09. The highest BCUT2D eigenvalue weighted by atomic mass is 16.4. The maximum Gasteiger partial charge on any atom is 0.318 e. The van der Waals surface area contributed by atoms with Crippen LogP contribution in [0.2, 0.25) is 0 Å². The second-order valence-electron chi connectivity index (χ2n) is 6.32. The molecule has 0 aliphatic carbocycles. The van der Waals surface area contributed by atoms with Crippen LogP contribution in [0.15, 0.2) is 60.7 Å². The molecule has 6 nitrogen and oxygen atoms in total. The van der Waals surface area contributed by atoms with Gasteiger partial charge in [-0.1, -0.05) is 48.5 Å². The highest BCUT2D eigenvalue weighted by Crippen LogP contribution is 2.15. The first-order valence-electron chi connectivity index (χ1n) is 8.74. The van der Waals surface area contributed by atoms with Gasteiger partial charge >= 0.3 is 6.03 Å². The zero-order chi connectivity index (χ0) is 18.4. The average molecular weight is 352 g/mol. The minimum Gasteiger partial charge on any atom is -0.548 e. The molecule has 1 atom stereocenters. The number of carboxylic acids is 1. The first-order chi connectivity index (χ1) is 12.6. The number of piperazine rings is 1. The van der Waals surface area contributed by atoms with Gasteiger partial charge in [-0.3, -0.25) is 0 Å². The van der Waals surface area contributed by atoms with E-state index in [1.54, 1.807) is 4.90 Å². The number of benzene rings is 2. The lowest BCUT2D eigenvalue weighted by Crippen LogP contribution is -2.57. The Balaban J connectivity index is 1.54. The van der Waals surface area contributed by atoms with E-state index in [9.17, 15) is 14.7 Å². The monoisotopic (exact) mass is 352 g/mol. The minimum absolute atomic E-state index is 0.207. The summed E-state index contributed by atoms with van der Waals surface area (Å²) in [6, 6.07) is 17.8. The molecule has 1 aliphatic rings. The third-order valence-corrected chi connectivity index (χ3v) is 4.55. The molecule has 0 bridgehead atoms. The quantitative estimate of drug-likeness (QED) is 0.867. The molecule has 26 heavy (non-hydrogen) atoms. The molecule has 0 aromatic heterocycles. The predicted octanol–water partition coefficient (Wildman–Crippen LogP) is 0.879. The number of hydrogen-bond acceptors (Lipinski definition) is 4. The van der Waals surface area contributed by atoms with Crippen molar-refractivity contribution < 1.29 is 14.7 Å². The molecule has 6 heteroatoms. The molecule has 1 saturated heterocycles. The molecule has 2 amide bonds. The molecule has 2 aromatic carbocycles. The van der Waals surface area contributed by atoms with Crippen molar-refractivity contribution in [3.8, 4) is 0 Å². The number of nitrogens with one attached hydrogen (secondary N) is 1. The first-order valence-corrected chi connectivity index (χ1v) is 8.74. The van der Waals surface area contributed by atoms with Gasteiger partial charge in [-0.05, 0) is 24.1 Å². The van der Waals surface area contributed by atoms with Crippen LogP contribution in [0, 0.1) is 0 Å². The van der Waals surface area contributed by atoms with Crippen molar-refractivity contribution in [3.63, 3.8) is 0 Å². The summed E-state index contributed by atoms with van der Waals surface area (Å²) < 4.78 is 0. The Morgan fingerprint density at radius 1 is 0.923 bits per heavy atom. The molecule has 0 spiro atoms. The van der Waals surface area contributed by atoms with E-state index in [0.717, 1.165) is 11.3 Å². The highest BCUT2D eigenvalue weighted by Gasteiger charge is 2.23. The Bertz CT molecular complexity index is 728. The first kappa shape index (κ1) is 17.8. The number of carboxylic acid groups (broad SMARTS) is 1. The molecular weight excluding hydrogens is 330 g/mol. The van der Waals surface area contributed by atoms with Gasteiger partial charge in [-0.2, -0.15) is 0 Å². The van der Waals surface area contributed by atoms with Crippen LogP contribution in [0.3, 0.4) is 0 Å². The summed E-state index contributed by atoms with van der Waals surface area (Å²) in [5.41, 5.74) is 1.97. The summed E-state index contributed by atoms with van der Waals surface area (Å²) in [6.07, 6.45) is 0.207. The van der Waals surface area contributed by atoms with Gasteiger partial charge in [0.15, 0.2) is 0 Å². The number of carbonyl (C=O) groups is 2. The number of carbonyl (C=O) groups excluding carboxylic acids is 2. The maximum absolute atomic E-state index is 12.5. The number of nitrogens with zero attached hydrogens (tertiary/aromatic N) is 2. The second-order valence-corrected chi connectivity index (χ2v) is 6.32. The maximum atomic E-state index is 12.5. The minimum atomic E-state index is -1.27. The lowest BCUT2D eigenvalue weighted by Gasteiger charge is -2.36.